The van der Waals surface area contributed by atoms with Crippen molar-refractivity contribution in [3.8, 4) is 0 Å². The average molecular weight is 361 g/mol. The predicted octanol–water partition coefficient (Wildman–Crippen LogP) is 0.940. The first kappa shape index (κ1) is 17.6. The largest absolute Gasteiger partial charge is 0.337 e. The Kier molecular flexibility index (Phi) is 4.69. The summed E-state index contributed by atoms with van der Waals surface area (Å²) in [6.45, 7) is 1.31. The summed E-state index contributed by atoms with van der Waals surface area (Å²) in [5.41, 5.74) is -0.151. The van der Waals surface area contributed by atoms with Crippen molar-refractivity contribution in [2.75, 3.05) is 18.4 Å². The number of amides is 2. The molecular formula is C15H19N7O4. The van der Waals surface area contributed by atoms with Crippen molar-refractivity contribution < 1.29 is 14.5 Å². The van der Waals surface area contributed by atoms with Crippen LogP contribution in [0.25, 0.3) is 0 Å². The summed E-state index contributed by atoms with van der Waals surface area (Å²) in [5, 5.41) is 21.4. The number of rotatable bonds is 4. The van der Waals surface area contributed by atoms with Crippen molar-refractivity contribution in [1.29, 1.82) is 0 Å². The zero-order chi connectivity index (χ0) is 18.8. The van der Waals surface area contributed by atoms with Gasteiger partial charge in [-0.25, -0.2) is 0 Å². The van der Waals surface area contributed by atoms with Gasteiger partial charge in [0.2, 0.25) is 5.69 Å². The van der Waals surface area contributed by atoms with Gasteiger partial charge in [0.15, 0.2) is 0 Å². The molecule has 2 amide bonds. The predicted molar refractivity (Wildman–Crippen MR) is 90.8 cm³/mol. The van der Waals surface area contributed by atoms with E-state index in [0.717, 1.165) is 30.1 Å². The Balaban J connectivity index is 1.87. The lowest BCUT2D eigenvalue weighted by Crippen LogP contribution is -2.37. The van der Waals surface area contributed by atoms with Gasteiger partial charge in [0.1, 0.15) is 11.9 Å². The van der Waals surface area contributed by atoms with Crippen LogP contribution >= 0.6 is 0 Å². The monoisotopic (exact) mass is 361 g/mol. The molecule has 2 aromatic rings. The summed E-state index contributed by atoms with van der Waals surface area (Å²) >= 11 is 0. The highest BCUT2D eigenvalue weighted by Gasteiger charge is 2.29. The summed E-state index contributed by atoms with van der Waals surface area (Å²) in [6, 6.07) is 0. The molecule has 1 fully saturated rings. The van der Waals surface area contributed by atoms with E-state index in [1.807, 2.05) is 0 Å². The summed E-state index contributed by atoms with van der Waals surface area (Å²) in [6.07, 6.45) is 5.33. The smallest absolute Gasteiger partial charge is 0.320 e. The van der Waals surface area contributed by atoms with Crippen LogP contribution in [0.1, 0.15) is 40.2 Å². The molecule has 2 aromatic heterocycles. The molecule has 3 heterocycles. The van der Waals surface area contributed by atoms with Gasteiger partial charge in [0, 0.05) is 27.2 Å². The molecule has 0 spiro atoms. The van der Waals surface area contributed by atoms with Crippen LogP contribution < -0.4 is 5.32 Å². The normalized spacial score (nSPS) is 14.3. The van der Waals surface area contributed by atoms with E-state index in [1.165, 1.54) is 17.9 Å². The maximum Gasteiger partial charge on any atom is 0.320 e. The van der Waals surface area contributed by atoms with Crippen molar-refractivity contribution in [3.05, 3.63) is 33.9 Å². The molecule has 0 unspecified atom stereocenters. The van der Waals surface area contributed by atoms with E-state index in [1.54, 1.807) is 11.9 Å². The van der Waals surface area contributed by atoms with Gasteiger partial charge in [-0.15, -0.1) is 0 Å². The van der Waals surface area contributed by atoms with Crippen LogP contribution in [-0.4, -0.2) is 54.3 Å². The molecule has 3 rings (SSSR count). The third-order valence-corrected chi connectivity index (χ3v) is 4.36. The fourth-order valence-electron chi connectivity index (χ4n) is 3.03. The first-order chi connectivity index (χ1) is 12.4. The minimum absolute atomic E-state index is 0.199. The first-order valence-corrected chi connectivity index (χ1v) is 8.19. The van der Waals surface area contributed by atoms with E-state index in [4.69, 9.17) is 0 Å². The number of hydrogen-bond acceptors (Lipinski definition) is 6. The van der Waals surface area contributed by atoms with E-state index in [9.17, 15) is 19.7 Å². The second kappa shape index (κ2) is 6.94. The minimum Gasteiger partial charge on any atom is -0.337 e. The van der Waals surface area contributed by atoms with Gasteiger partial charge in [0.05, 0.1) is 16.8 Å². The molecule has 0 radical (unpaired) electrons. The van der Waals surface area contributed by atoms with Crippen LogP contribution in [0, 0.1) is 10.1 Å². The van der Waals surface area contributed by atoms with E-state index >= 15 is 0 Å². The highest BCUT2D eigenvalue weighted by molar-refractivity contribution is 6.09. The molecule has 1 saturated heterocycles. The number of anilines is 1. The quantitative estimate of drug-likeness (QED) is 0.637. The lowest BCUT2D eigenvalue weighted by molar-refractivity contribution is -0.385. The fourth-order valence-corrected chi connectivity index (χ4v) is 3.03. The molecular weight excluding hydrogens is 342 g/mol. The Hall–Kier alpha value is -3.24. The number of carbonyl (C=O) groups excluding carboxylic acids is 2. The Bertz CT molecular complexity index is 863. The third-order valence-electron chi connectivity index (χ3n) is 4.36. The number of nitrogens with zero attached hydrogens (tertiary/aromatic N) is 6. The summed E-state index contributed by atoms with van der Waals surface area (Å²) < 4.78 is 2.51. The Morgan fingerprint density at radius 2 is 1.69 bits per heavy atom. The second-order valence-electron chi connectivity index (χ2n) is 6.10. The van der Waals surface area contributed by atoms with E-state index < -0.39 is 16.5 Å². The van der Waals surface area contributed by atoms with Crippen LogP contribution in [0.5, 0.6) is 0 Å². The molecule has 11 heteroatoms. The van der Waals surface area contributed by atoms with Crippen molar-refractivity contribution >= 4 is 23.2 Å². The zero-order valence-electron chi connectivity index (χ0n) is 14.5. The molecule has 1 N–H and O–H groups in total. The fraction of sp³-hybridized carbons (Fsp3) is 0.467. The summed E-state index contributed by atoms with van der Waals surface area (Å²) in [7, 11) is 3.05. The number of nitro groups is 1. The highest BCUT2D eigenvalue weighted by atomic mass is 16.6. The summed E-state index contributed by atoms with van der Waals surface area (Å²) in [4.78, 5) is 37.5. The molecule has 0 atom stereocenters. The van der Waals surface area contributed by atoms with E-state index in [-0.39, 0.29) is 23.0 Å². The van der Waals surface area contributed by atoms with Gasteiger partial charge in [-0.1, -0.05) is 0 Å². The molecule has 1 aliphatic heterocycles. The highest BCUT2D eigenvalue weighted by Crippen LogP contribution is 2.22. The van der Waals surface area contributed by atoms with Gasteiger partial charge in [-0.2, -0.15) is 10.2 Å². The minimum atomic E-state index is -0.725. The molecule has 26 heavy (non-hydrogen) atoms. The third kappa shape index (κ3) is 3.15. The number of hydrogen-bond donors (Lipinski definition) is 1. The van der Waals surface area contributed by atoms with Gasteiger partial charge in [0.25, 0.3) is 11.8 Å². The van der Waals surface area contributed by atoms with Crippen LogP contribution in [0.4, 0.5) is 11.4 Å². The molecule has 1 aliphatic rings. The van der Waals surface area contributed by atoms with Gasteiger partial charge < -0.3 is 10.2 Å². The number of aryl methyl sites for hydroxylation is 2. The van der Waals surface area contributed by atoms with Crippen LogP contribution in [0.2, 0.25) is 0 Å². The number of piperidine rings is 1. The van der Waals surface area contributed by atoms with Crippen molar-refractivity contribution in [2.24, 2.45) is 14.1 Å². The first-order valence-electron chi connectivity index (χ1n) is 8.19. The van der Waals surface area contributed by atoms with E-state index in [0.29, 0.717) is 13.1 Å². The van der Waals surface area contributed by atoms with Crippen molar-refractivity contribution in [3.63, 3.8) is 0 Å². The lowest BCUT2D eigenvalue weighted by Gasteiger charge is -2.27. The Morgan fingerprint density at radius 3 is 2.35 bits per heavy atom. The standard InChI is InChI=1S/C15H19N7O4/c1-19-12(15(24)21-6-4-3-5-7-21)10(8-16-19)18-14(23)13-11(22(25)26)9-17-20(13)2/h8-9H,3-7H2,1-2H3,(H,18,23). The molecule has 0 bridgehead atoms. The SMILES string of the molecule is Cn1ncc(NC(=O)c2c([N+](=O)[O-])cnn2C)c1C(=O)N1CCCCC1. The van der Waals surface area contributed by atoms with Gasteiger partial charge in [-0.3, -0.25) is 29.1 Å². The number of aromatic nitrogens is 4. The molecule has 0 aliphatic carbocycles. The molecule has 138 valence electrons. The maximum absolute atomic E-state index is 12.8. The summed E-state index contributed by atoms with van der Waals surface area (Å²) in [5.74, 6) is -0.947. The Morgan fingerprint density at radius 1 is 1.08 bits per heavy atom. The molecule has 0 saturated carbocycles. The second-order valence-corrected chi connectivity index (χ2v) is 6.10. The maximum atomic E-state index is 12.8. The van der Waals surface area contributed by atoms with Crippen molar-refractivity contribution in [2.45, 2.75) is 19.3 Å². The number of carbonyl (C=O) groups is 2. The molecule has 0 aromatic carbocycles. The van der Waals surface area contributed by atoms with E-state index in [2.05, 4.69) is 15.5 Å². The van der Waals surface area contributed by atoms with Crippen LogP contribution in [-0.2, 0) is 14.1 Å². The van der Waals surface area contributed by atoms with Gasteiger partial charge >= 0.3 is 5.69 Å². The Labute approximate surface area is 148 Å². The zero-order valence-corrected chi connectivity index (χ0v) is 14.5. The van der Waals surface area contributed by atoms with Gasteiger partial charge in [-0.05, 0) is 19.3 Å². The van der Waals surface area contributed by atoms with Crippen molar-refractivity contribution in [1.82, 2.24) is 24.5 Å². The lowest BCUT2D eigenvalue weighted by atomic mass is 10.1. The number of likely N-dealkylation sites (tertiary alicyclic amines) is 1. The van der Waals surface area contributed by atoms with Crippen LogP contribution in [0.15, 0.2) is 12.4 Å². The topological polar surface area (TPSA) is 128 Å². The average Bonchev–Trinajstić information content (AvgIpc) is 3.18. The van der Waals surface area contributed by atoms with Crippen LogP contribution in [0.3, 0.4) is 0 Å². The molecule has 11 nitrogen and oxygen atoms in total. The number of nitrogens with one attached hydrogen (secondary N) is 1.